The first-order valence-electron chi connectivity index (χ1n) is 7.21. The van der Waals surface area contributed by atoms with E-state index < -0.39 is 7.82 Å². The predicted molar refractivity (Wildman–Crippen MR) is 90.5 cm³/mol. The molecule has 0 atom stereocenters. The molecule has 3 aromatic rings. The van der Waals surface area contributed by atoms with Crippen molar-refractivity contribution < 1.29 is 23.2 Å². The quantitative estimate of drug-likeness (QED) is 0.636. The lowest BCUT2D eigenvalue weighted by molar-refractivity contribution is 0.298. The van der Waals surface area contributed by atoms with Crippen LogP contribution in [-0.4, -0.2) is 5.11 Å². The summed E-state index contributed by atoms with van der Waals surface area (Å²) < 4.78 is 29.5. The van der Waals surface area contributed by atoms with Crippen molar-refractivity contribution in [3.05, 3.63) is 84.9 Å². The first-order chi connectivity index (χ1) is 11.6. The van der Waals surface area contributed by atoms with Gasteiger partial charge in [0, 0.05) is 6.07 Å². The Bertz CT molecular complexity index is 791. The summed E-state index contributed by atoms with van der Waals surface area (Å²) in [6.07, 6.45) is 0. The third-order valence-corrected chi connectivity index (χ3v) is 4.26. The van der Waals surface area contributed by atoms with Gasteiger partial charge in [0.1, 0.15) is 23.0 Å². The van der Waals surface area contributed by atoms with Gasteiger partial charge in [-0.15, -0.1) is 0 Å². The van der Waals surface area contributed by atoms with Gasteiger partial charge < -0.3 is 18.7 Å². The highest BCUT2D eigenvalue weighted by atomic mass is 31.2. The minimum atomic E-state index is -4.02. The molecular formula is C18H15O5P. The van der Waals surface area contributed by atoms with Crippen LogP contribution in [-0.2, 0) is 4.57 Å². The number of phenols is 1. The van der Waals surface area contributed by atoms with Crippen LogP contribution in [0, 0.1) is 0 Å². The maximum Gasteiger partial charge on any atom is 0.647 e. The van der Waals surface area contributed by atoms with E-state index >= 15 is 0 Å². The molecule has 0 aromatic heterocycles. The predicted octanol–water partition coefficient (Wildman–Crippen LogP) is 5.04. The van der Waals surface area contributed by atoms with Crippen molar-refractivity contribution in [2.24, 2.45) is 0 Å². The van der Waals surface area contributed by atoms with Crippen LogP contribution in [0.1, 0.15) is 0 Å². The highest BCUT2D eigenvalue weighted by molar-refractivity contribution is 7.49. The van der Waals surface area contributed by atoms with Crippen LogP contribution >= 0.6 is 7.82 Å². The molecule has 3 aromatic carbocycles. The van der Waals surface area contributed by atoms with Crippen molar-refractivity contribution in [3.8, 4) is 23.0 Å². The summed E-state index contributed by atoms with van der Waals surface area (Å²) in [6, 6.07) is 23.1. The zero-order valence-corrected chi connectivity index (χ0v) is 13.5. The molecule has 0 heterocycles. The summed E-state index contributed by atoms with van der Waals surface area (Å²) in [6.45, 7) is 0. The zero-order valence-electron chi connectivity index (χ0n) is 12.6. The third kappa shape index (κ3) is 4.31. The van der Waals surface area contributed by atoms with Gasteiger partial charge in [0.2, 0.25) is 0 Å². The van der Waals surface area contributed by atoms with Crippen molar-refractivity contribution in [2.45, 2.75) is 0 Å². The first-order valence-corrected chi connectivity index (χ1v) is 8.67. The van der Waals surface area contributed by atoms with E-state index in [1.807, 2.05) is 12.1 Å². The summed E-state index contributed by atoms with van der Waals surface area (Å²) in [4.78, 5) is 0. The van der Waals surface area contributed by atoms with Gasteiger partial charge in [-0.1, -0.05) is 42.5 Å². The van der Waals surface area contributed by atoms with Gasteiger partial charge in [0.25, 0.3) is 0 Å². The average Bonchev–Trinajstić information content (AvgIpc) is 2.56. The molecule has 0 amide bonds. The van der Waals surface area contributed by atoms with Gasteiger partial charge in [-0.2, -0.15) is 4.57 Å². The van der Waals surface area contributed by atoms with Crippen LogP contribution in [0.25, 0.3) is 0 Å². The molecule has 0 aliphatic heterocycles. The summed E-state index contributed by atoms with van der Waals surface area (Å²) >= 11 is 0. The molecule has 1 N–H and O–H groups in total. The van der Waals surface area contributed by atoms with E-state index in [0.29, 0.717) is 11.5 Å². The molecule has 0 saturated carbocycles. The molecule has 5 nitrogen and oxygen atoms in total. The summed E-state index contributed by atoms with van der Waals surface area (Å²) in [7, 11) is -4.02. The van der Waals surface area contributed by atoms with Crippen LogP contribution < -0.4 is 13.6 Å². The second-order valence-electron chi connectivity index (χ2n) is 4.84. The van der Waals surface area contributed by atoms with Gasteiger partial charge in [0.15, 0.2) is 0 Å². The maximum absolute atomic E-state index is 13.1. The van der Waals surface area contributed by atoms with Crippen LogP contribution in [0.3, 0.4) is 0 Å². The van der Waals surface area contributed by atoms with Gasteiger partial charge in [0.05, 0.1) is 0 Å². The number of phosphoric ester groups is 1. The molecule has 0 aliphatic carbocycles. The van der Waals surface area contributed by atoms with Crippen LogP contribution in [0.2, 0.25) is 0 Å². The highest BCUT2D eigenvalue weighted by Crippen LogP contribution is 2.49. The number of rotatable bonds is 6. The Labute approximate surface area is 139 Å². The summed E-state index contributed by atoms with van der Waals surface area (Å²) in [5, 5.41) is 9.54. The number of hydrogen-bond acceptors (Lipinski definition) is 5. The van der Waals surface area contributed by atoms with E-state index in [-0.39, 0.29) is 11.5 Å². The lowest BCUT2D eigenvalue weighted by Crippen LogP contribution is -2.07. The van der Waals surface area contributed by atoms with Crippen molar-refractivity contribution >= 4 is 7.82 Å². The first kappa shape index (κ1) is 16.0. The zero-order chi connectivity index (χ0) is 16.8. The van der Waals surface area contributed by atoms with E-state index in [9.17, 15) is 9.67 Å². The Morgan fingerprint density at radius 2 is 1.08 bits per heavy atom. The number of phenolic OH excluding ortho intramolecular Hbond substituents is 1. The monoisotopic (exact) mass is 342 g/mol. The Hall–Kier alpha value is -2.91. The molecule has 24 heavy (non-hydrogen) atoms. The highest BCUT2D eigenvalue weighted by Gasteiger charge is 2.33. The smallest absolute Gasteiger partial charge is 0.508 e. The number of aromatic hydroxyl groups is 1. The number of hydrogen-bond donors (Lipinski definition) is 1. The molecule has 122 valence electrons. The fraction of sp³-hybridized carbons (Fsp3) is 0. The van der Waals surface area contributed by atoms with Crippen molar-refractivity contribution in [2.75, 3.05) is 0 Å². The Morgan fingerprint density at radius 1 is 0.625 bits per heavy atom. The van der Waals surface area contributed by atoms with E-state index in [4.69, 9.17) is 13.6 Å². The van der Waals surface area contributed by atoms with E-state index in [2.05, 4.69) is 0 Å². The third-order valence-electron chi connectivity index (χ3n) is 2.96. The molecular weight excluding hydrogens is 327 g/mol. The molecule has 0 aliphatic rings. The second kappa shape index (κ2) is 7.11. The summed E-state index contributed by atoms with van der Waals surface area (Å²) in [5.41, 5.74) is 0. The fourth-order valence-electron chi connectivity index (χ4n) is 1.95. The Kier molecular flexibility index (Phi) is 4.73. The summed E-state index contributed by atoms with van der Waals surface area (Å²) in [5.74, 6) is 0.845. The SMILES string of the molecule is O=P(Oc1ccccc1)(Oc1ccccc1)Oc1cccc(O)c1. The van der Waals surface area contributed by atoms with E-state index in [1.165, 1.54) is 12.1 Å². The Balaban J connectivity index is 1.89. The maximum atomic E-state index is 13.1. The molecule has 0 fully saturated rings. The largest absolute Gasteiger partial charge is 0.647 e. The van der Waals surface area contributed by atoms with Crippen LogP contribution in [0.5, 0.6) is 23.0 Å². The van der Waals surface area contributed by atoms with Gasteiger partial charge in [-0.05, 0) is 36.4 Å². The van der Waals surface area contributed by atoms with Crippen molar-refractivity contribution in [1.29, 1.82) is 0 Å². The molecule has 0 radical (unpaired) electrons. The molecule has 0 unspecified atom stereocenters. The van der Waals surface area contributed by atoms with Crippen LogP contribution in [0.4, 0.5) is 0 Å². The molecule has 0 spiro atoms. The fourth-order valence-corrected chi connectivity index (χ4v) is 3.19. The molecule has 6 heteroatoms. The number of benzene rings is 3. The van der Waals surface area contributed by atoms with Crippen LogP contribution in [0.15, 0.2) is 84.9 Å². The van der Waals surface area contributed by atoms with Gasteiger partial charge >= 0.3 is 7.82 Å². The van der Waals surface area contributed by atoms with Gasteiger partial charge in [-0.3, -0.25) is 0 Å². The number of para-hydroxylation sites is 2. The molecule has 0 saturated heterocycles. The van der Waals surface area contributed by atoms with Gasteiger partial charge in [-0.25, -0.2) is 0 Å². The number of phosphoric acid groups is 1. The minimum Gasteiger partial charge on any atom is -0.508 e. The molecule has 0 bridgehead atoms. The topological polar surface area (TPSA) is 65.0 Å². The van der Waals surface area contributed by atoms with Crippen molar-refractivity contribution in [1.82, 2.24) is 0 Å². The minimum absolute atomic E-state index is 0.0153. The Morgan fingerprint density at radius 3 is 1.58 bits per heavy atom. The lowest BCUT2D eigenvalue weighted by Gasteiger charge is -2.19. The van der Waals surface area contributed by atoms with E-state index in [1.54, 1.807) is 60.7 Å². The van der Waals surface area contributed by atoms with E-state index in [0.717, 1.165) is 0 Å². The normalized spacial score (nSPS) is 10.8. The van der Waals surface area contributed by atoms with Crippen molar-refractivity contribution in [3.63, 3.8) is 0 Å². The average molecular weight is 342 g/mol. The standard InChI is InChI=1S/C18H15O5P/c19-15-8-7-13-18(14-15)23-24(20,21-16-9-3-1-4-10-16)22-17-11-5-2-6-12-17/h1-14,19H. The second-order valence-corrected chi connectivity index (χ2v) is 6.29. The lowest BCUT2D eigenvalue weighted by atomic mass is 10.3. The molecule has 3 rings (SSSR count).